The summed E-state index contributed by atoms with van der Waals surface area (Å²) in [6.45, 7) is 2.06. The fourth-order valence-electron chi connectivity index (χ4n) is 3.07. The number of benzene rings is 2. The quantitative estimate of drug-likeness (QED) is 0.349. The molecule has 0 N–H and O–H groups in total. The molecule has 1 aliphatic heterocycles. The lowest BCUT2D eigenvalue weighted by molar-refractivity contribution is -0.113. The number of thioether (sulfide) groups is 1. The molecular formula is C22H16ClNO2S2. The monoisotopic (exact) mass is 425 g/mol. The van der Waals surface area contributed by atoms with Gasteiger partial charge in [0.15, 0.2) is 4.32 Å². The first-order valence-corrected chi connectivity index (χ1v) is 10.4. The van der Waals surface area contributed by atoms with E-state index in [4.69, 9.17) is 28.2 Å². The van der Waals surface area contributed by atoms with Crippen molar-refractivity contribution in [3.8, 4) is 11.3 Å². The summed E-state index contributed by atoms with van der Waals surface area (Å²) in [6, 6.07) is 19.0. The Bertz CT molecular complexity index is 1100. The average molecular weight is 426 g/mol. The maximum atomic E-state index is 13.0. The standard InChI is InChI=1S/C22H16ClNO2S2/c1-2-14-7-3-6-10-18(14)24-21(25)20(28-22(24)27)13-15-11-12-19(26-15)16-8-4-5-9-17(16)23/h3-13H,2H2,1H3/b20-13+. The van der Waals surface area contributed by atoms with Crippen LogP contribution in [-0.2, 0) is 11.2 Å². The van der Waals surface area contributed by atoms with Gasteiger partial charge in [0.1, 0.15) is 11.5 Å². The number of carbonyl (C=O) groups excluding carboxylic acids is 1. The van der Waals surface area contributed by atoms with E-state index < -0.39 is 0 Å². The Labute approximate surface area is 178 Å². The minimum atomic E-state index is -0.133. The van der Waals surface area contributed by atoms with Crippen molar-refractivity contribution in [3.05, 3.63) is 81.9 Å². The van der Waals surface area contributed by atoms with Crippen molar-refractivity contribution in [3.63, 3.8) is 0 Å². The van der Waals surface area contributed by atoms with Crippen LogP contribution in [0.5, 0.6) is 0 Å². The van der Waals surface area contributed by atoms with Crippen LogP contribution in [0.4, 0.5) is 5.69 Å². The molecule has 0 aliphatic carbocycles. The number of carbonyl (C=O) groups is 1. The van der Waals surface area contributed by atoms with Gasteiger partial charge in [-0.25, -0.2) is 0 Å². The van der Waals surface area contributed by atoms with E-state index in [1.807, 2.05) is 60.7 Å². The Morgan fingerprint density at radius 1 is 1.11 bits per heavy atom. The molecule has 6 heteroatoms. The van der Waals surface area contributed by atoms with Gasteiger partial charge in [-0.3, -0.25) is 9.69 Å². The highest BCUT2D eigenvalue weighted by Gasteiger charge is 2.34. The van der Waals surface area contributed by atoms with E-state index in [2.05, 4.69) is 6.92 Å². The van der Waals surface area contributed by atoms with Crippen LogP contribution in [0, 0.1) is 0 Å². The summed E-state index contributed by atoms with van der Waals surface area (Å²) in [5.41, 5.74) is 2.74. The van der Waals surface area contributed by atoms with Gasteiger partial charge in [0, 0.05) is 11.6 Å². The molecule has 1 amide bonds. The predicted octanol–water partition coefficient (Wildman–Crippen LogP) is 6.57. The van der Waals surface area contributed by atoms with Gasteiger partial charge in [0.05, 0.1) is 15.6 Å². The van der Waals surface area contributed by atoms with Crippen molar-refractivity contribution in [1.29, 1.82) is 0 Å². The first-order valence-electron chi connectivity index (χ1n) is 8.79. The highest BCUT2D eigenvalue weighted by atomic mass is 35.5. The Kier molecular flexibility index (Phi) is 5.40. The largest absolute Gasteiger partial charge is 0.457 e. The molecule has 28 heavy (non-hydrogen) atoms. The van der Waals surface area contributed by atoms with Crippen molar-refractivity contribution in [2.45, 2.75) is 13.3 Å². The molecule has 0 saturated carbocycles. The minimum Gasteiger partial charge on any atom is -0.457 e. The van der Waals surface area contributed by atoms with Gasteiger partial charge in [-0.2, -0.15) is 0 Å². The highest BCUT2D eigenvalue weighted by Crippen LogP contribution is 2.38. The molecule has 140 valence electrons. The van der Waals surface area contributed by atoms with Crippen molar-refractivity contribution in [2.75, 3.05) is 4.90 Å². The second-order valence-electron chi connectivity index (χ2n) is 6.18. The van der Waals surface area contributed by atoms with Crippen LogP contribution in [0.3, 0.4) is 0 Å². The van der Waals surface area contributed by atoms with Crippen molar-refractivity contribution in [2.24, 2.45) is 0 Å². The second-order valence-corrected chi connectivity index (χ2v) is 8.26. The summed E-state index contributed by atoms with van der Waals surface area (Å²) in [7, 11) is 0. The van der Waals surface area contributed by atoms with E-state index in [-0.39, 0.29) is 5.91 Å². The summed E-state index contributed by atoms with van der Waals surface area (Å²) in [5.74, 6) is 1.11. The fraction of sp³-hybridized carbons (Fsp3) is 0.0909. The van der Waals surface area contributed by atoms with Crippen molar-refractivity contribution >= 4 is 57.6 Å². The lowest BCUT2D eigenvalue weighted by Gasteiger charge is -2.17. The molecule has 1 aromatic heterocycles. The van der Waals surface area contributed by atoms with Gasteiger partial charge in [0.2, 0.25) is 0 Å². The zero-order valence-corrected chi connectivity index (χ0v) is 17.4. The molecule has 0 atom stereocenters. The van der Waals surface area contributed by atoms with E-state index in [0.29, 0.717) is 25.8 Å². The van der Waals surface area contributed by atoms with Crippen molar-refractivity contribution < 1.29 is 9.21 Å². The molecular weight excluding hydrogens is 410 g/mol. The number of halogens is 1. The Balaban J connectivity index is 1.64. The lowest BCUT2D eigenvalue weighted by Crippen LogP contribution is -2.28. The third-order valence-corrected chi connectivity index (χ3v) is 6.08. The van der Waals surface area contributed by atoms with E-state index >= 15 is 0 Å². The third kappa shape index (κ3) is 3.53. The smallest absolute Gasteiger partial charge is 0.270 e. The molecule has 1 fully saturated rings. The number of rotatable bonds is 4. The van der Waals surface area contributed by atoms with Crippen LogP contribution in [0.1, 0.15) is 18.2 Å². The SMILES string of the molecule is CCc1ccccc1N1C(=O)/C(=C\c2ccc(-c3ccccc3Cl)o2)SC1=S. The van der Waals surface area contributed by atoms with E-state index in [1.54, 1.807) is 11.0 Å². The molecule has 1 saturated heterocycles. The fourth-order valence-corrected chi connectivity index (χ4v) is 4.56. The first-order chi connectivity index (χ1) is 13.6. The molecule has 0 radical (unpaired) electrons. The molecule has 0 unspecified atom stereocenters. The van der Waals surface area contributed by atoms with Crippen LogP contribution in [-0.4, -0.2) is 10.2 Å². The van der Waals surface area contributed by atoms with Crippen LogP contribution in [0.25, 0.3) is 17.4 Å². The summed E-state index contributed by atoms with van der Waals surface area (Å²) in [5, 5.41) is 0.617. The number of furan rings is 1. The number of nitrogens with zero attached hydrogens (tertiary/aromatic N) is 1. The number of para-hydroxylation sites is 1. The summed E-state index contributed by atoms with van der Waals surface area (Å²) >= 11 is 13.0. The number of thiocarbonyl (C=S) groups is 1. The topological polar surface area (TPSA) is 33.5 Å². The number of amides is 1. The Hall–Kier alpha value is -2.34. The summed E-state index contributed by atoms with van der Waals surface area (Å²) < 4.78 is 6.42. The first kappa shape index (κ1) is 19.0. The molecule has 0 bridgehead atoms. The van der Waals surface area contributed by atoms with Gasteiger partial charge in [-0.15, -0.1) is 0 Å². The van der Waals surface area contributed by atoms with Gasteiger partial charge in [-0.1, -0.05) is 72.8 Å². The molecule has 3 nitrogen and oxygen atoms in total. The maximum Gasteiger partial charge on any atom is 0.270 e. The number of aryl methyl sites for hydroxylation is 1. The molecule has 2 aromatic carbocycles. The zero-order valence-electron chi connectivity index (χ0n) is 15.0. The van der Waals surface area contributed by atoms with E-state index in [1.165, 1.54) is 11.8 Å². The summed E-state index contributed by atoms with van der Waals surface area (Å²) in [4.78, 5) is 15.1. The number of anilines is 1. The molecule has 0 spiro atoms. The van der Waals surface area contributed by atoms with Crippen LogP contribution >= 0.6 is 35.6 Å². The molecule has 1 aliphatic rings. The van der Waals surface area contributed by atoms with E-state index in [0.717, 1.165) is 23.2 Å². The van der Waals surface area contributed by atoms with Crippen LogP contribution < -0.4 is 4.90 Å². The summed E-state index contributed by atoms with van der Waals surface area (Å²) in [6.07, 6.45) is 2.56. The highest BCUT2D eigenvalue weighted by molar-refractivity contribution is 8.27. The Morgan fingerprint density at radius 3 is 2.64 bits per heavy atom. The molecule has 3 aromatic rings. The molecule has 2 heterocycles. The van der Waals surface area contributed by atoms with Gasteiger partial charge < -0.3 is 4.42 Å². The van der Waals surface area contributed by atoms with Gasteiger partial charge in [-0.05, 0) is 42.3 Å². The molecule has 4 rings (SSSR count). The number of hydrogen-bond acceptors (Lipinski definition) is 4. The predicted molar refractivity (Wildman–Crippen MR) is 121 cm³/mol. The maximum absolute atomic E-state index is 13.0. The van der Waals surface area contributed by atoms with Gasteiger partial charge in [0.25, 0.3) is 5.91 Å². The third-order valence-electron chi connectivity index (χ3n) is 4.45. The van der Waals surface area contributed by atoms with Crippen LogP contribution in [0.15, 0.2) is 70.0 Å². The van der Waals surface area contributed by atoms with Crippen molar-refractivity contribution in [1.82, 2.24) is 0 Å². The zero-order chi connectivity index (χ0) is 19.7. The average Bonchev–Trinajstić information content (AvgIpc) is 3.27. The number of hydrogen-bond donors (Lipinski definition) is 0. The van der Waals surface area contributed by atoms with E-state index in [9.17, 15) is 4.79 Å². The second kappa shape index (κ2) is 7.95. The lowest BCUT2D eigenvalue weighted by atomic mass is 10.1. The van der Waals surface area contributed by atoms with Gasteiger partial charge >= 0.3 is 0 Å². The Morgan fingerprint density at radius 2 is 1.86 bits per heavy atom. The normalized spacial score (nSPS) is 15.6. The van der Waals surface area contributed by atoms with Crippen LogP contribution in [0.2, 0.25) is 5.02 Å². The minimum absolute atomic E-state index is 0.133.